The number of para-hydroxylation sites is 1. The van der Waals surface area contributed by atoms with Gasteiger partial charge in [0, 0.05) is 30.2 Å². The molecule has 144 valence electrons. The lowest BCUT2D eigenvalue weighted by Gasteiger charge is -2.35. The topological polar surface area (TPSA) is 64.8 Å². The lowest BCUT2D eigenvalue weighted by atomic mass is 10.1. The number of amides is 1. The Balaban J connectivity index is 1.64. The molecule has 27 heavy (non-hydrogen) atoms. The Morgan fingerprint density at radius 1 is 1.22 bits per heavy atom. The van der Waals surface area contributed by atoms with Crippen molar-refractivity contribution in [1.29, 1.82) is 0 Å². The standard InChI is InChI=1S/C21H26N2O3S/c1-3-25-19(21(22)24)14-16-8-10-17(11-9-16)26-15(2)23-12-13-27-20-7-5-4-6-18(20)23/h4-11,15,19H,3,12-14H2,1-2H3,(H2,22,24). The van der Waals surface area contributed by atoms with Gasteiger partial charge in [-0.15, -0.1) is 11.8 Å². The van der Waals surface area contributed by atoms with Crippen molar-refractivity contribution in [3.8, 4) is 5.75 Å². The normalized spacial score (nSPS) is 15.7. The summed E-state index contributed by atoms with van der Waals surface area (Å²) in [6.07, 6.45) is -0.196. The van der Waals surface area contributed by atoms with E-state index in [1.165, 1.54) is 10.6 Å². The summed E-state index contributed by atoms with van der Waals surface area (Å²) in [6, 6.07) is 16.2. The Morgan fingerprint density at radius 2 is 1.96 bits per heavy atom. The second kappa shape index (κ2) is 9.15. The van der Waals surface area contributed by atoms with Crippen LogP contribution in [0.15, 0.2) is 53.4 Å². The molecule has 1 heterocycles. The number of hydrogen-bond acceptors (Lipinski definition) is 5. The van der Waals surface area contributed by atoms with Gasteiger partial charge in [0.2, 0.25) is 5.91 Å². The van der Waals surface area contributed by atoms with E-state index in [-0.39, 0.29) is 6.23 Å². The molecule has 2 aromatic rings. The lowest BCUT2D eigenvalue weighted by Crippen LogP contribution is -2.40. The zero-order chi connectivity index (χ0) is 19.2. The van der Waals surface area contributed by atoms with Gasteiger partial charge in [0.05, 0.1) is 5.69 Å². The molecule has 0 aromatic heterocycles. The van der Waals surface area contributed by atoms with Gasteiger partial charge >= 0.3 is 0 Å². The minimum Gasteiger partial charge on any atom is -0.471 e. The van der Waals surface area contributed by atoms with Crippen LogP contribution in [0.1, 0.15) is 19.4 Å². The fraction of sp³-hybridized carbons (Fsp3) is 0.381. The largest absolute Gasteiger partial charge is 0.471 e. The summed E-state index contributed by atoms with van der Waals surface area (Å²) in [5.41, 5.74) is 7.61. The minimum absolute atomic E-state index is 0.0697. The first-order valence-corrected chi connectivity index (χ1v) is 10.2. The molecule has 0 fully saturated rings. The Morgan fingerprint density at radius 3 is 2.67 bits per heavy atom. The van der Waals surface area contributed by atoms with E-state index in [1.807, 2.05) is 43.0 Å². The van der Waals surface area contributed by atoms with Crippen molar-refractivity contribution in [2.75, 3.05) is 23.8 Å². The number of benzene rings is 2. The maximum Gasteiger partial charge on any atom is 0.246 e. The number of rotatable bonds is 8. The molecule has 1 aliphatic rings. The van der Waals surface area contributed by atoms with Gasteiger partial charge in [-0.2, -0.15) is 0 Å². The van der Waals surface area contributed by atoms with Crippen LogP contribution in [-0.2, 0) is 16.0 Å². The summed E-state index contributed by atoms with van der Waals surface area (Å²) in [6.45, 7) is 5.34. The first-order chi connectivity index (χ1) is 13.1. The highest BCUT2D eigenvalue weighted by atomic mass is 32.2. The van der Waals surface area contributed by atoms with Crippen LogP contribution in [0.4, 0.5) is 5.69 Å². The average Bonchev–Trinajstić information content (AvgIpc) is 2.68. The van der Waals surface area contributed by atoms with Gasteiger partial charge in [0.1, 0.15) is 11.9 Å². The van der Waals surface area contributed by atoms with Crippen molar-refractivity contribution in [3.05, 3.63) is 54.1 Å². The van der Waals surface area contributed by atoms with Gasteiger partial charge in [-0.3, -0.25) is 4.79 Å². The summed E-state index contributed by atoms with van der Waals surface area (Å²) < 4.78 is 11.6. The van der Waals surface area contributed by atoms with E-state index in [4.69, 9.17) is 15.2 Å². The van der Waals surface area contributed by atoms with Crippen LogP contribution in [0.2, 0.25) is 0 Å². The van der Waals surface area contributed by atoms with Crippen molar-refractivity contribution >= 4 is 23.4 Å². The van der Waals surface area contributed by atoms with Crippen LogP contribution < -0.4 is 15.4 Å². The van der Waals surface area contributed by atoms with E-state index in [2.05, 4.69) is 36.1 Å². The molecular formula is C21H26N2O3S. The van der Waals surface area contributed by atoms with E-state index in [0.717, 1.165) is 23.6 Å². The number of nitrogens with two attached hydrogens (primary N) is 1. The van der Waals surface area contributed by atoms with Crippen molar-refractivity contribution in [1.82, 2.24) is 0 Å². The maximum absolute atomic E-state index is 11.4. The lowest BCUT2D eigenvalue weighted by molar-refractivity contribution is -0.129. The summed E-state index contributed by atoms with van der Waals surface area (Å²) in [5, 5.41) is 0. The second-order valence-corrected chi connectivity index (χ2v) is 7.56. The Hall–Kier alpha value is -2.18. The molecule has 6 heteroatoms. The third-order valence-electron chi connectivity index (χ3n) is 4.54. The van der Waals surface area contributed by atoms with Gasteiger partial charge < -0.3 is 20.1 Å². The van der Waals surface area contributed by atoms with E-state index >= 15 is 0 Å². The molecular weight excluding hydrogens is 360 g/mol. The molecule has 2 aromatic carbocycles. The van der Waals surface area contributed by atoms with Gasteiger partial charge in [0.25, 0.3) is 0 Å². The third kappa shape index (κ3) is 4.96. The van der Waals surface area contributed by atoms with E-state index in [1.54, 1.807) is 0 Å². The van der Waals surface area contributed by atoms with Crippen LogP contribution in [-0.4, -0.2) is 37.1 Å². The maximum atomic E-state index is 11.4. The van der Waals surface area contributed by atoms with Crippen LogP contribution in [0, 0.1) is 0 Å². The van der Waals surface area contributed by atoms with Crippen LogP contribution >= 0.6 is 11.8 Å². The molecule has 0 spiro atoms. The van der Waals surface area contributed by atoms with E-state index < -0.39 is 12.0 Å². The second-order valence-electron chi connectivity index (χ2n) is 6.42. The summed E-state index contributed by atoms with van der Waals surface area (Å²) in [4.78, 5) is 15.0. The SMILES string of the molecule is CCOC(Cc1ccc(OC(C)N2CCSc3ccccc32)cc1)C(N)=O. The minimum atomic E-state index is -0.594. The quantitative estimate of drug-likeness (QED) is 0.753. The number of fused-ring (bicyclic) bond motifs is 1. The molecule has 3 rings (SSSR count). The van der Waals surface area contributed by atoms with Gasteiger partial charge in [-0.25, -0.2) is 0 Å². The van der Waals surface area contributed by atoms with E-state index in [0.29, 0.717) is 13.0 Å². The predicted octanol–water partition coefficient (Wildman–Crippen LogP) is 3.46. The summed E-state index contributed by atoms with van der Waals surface area (Å²) >= 11 is 1.88. The van der Waals surface area contributed by atoms with Gasteiger partial charge in [0.15, 0.2) is 6.23 Å². The van der Waals surface area contributed by atoms with Crippen LogP contribution in [0.25, 0.3) is 0 Å². The zero-order valence-electron chi connectivity index (χ0n) is 15.8. The first-order valence-electron chi connectivity index (χ1n) is 9.23. The number of carbonyl (C=O) groups is 1. The Bertz CT molecular complexity index is 766. The highest BCUT2D eigenvalue weighted by molar-refractivity contribution is 7.99. The number of carbonyl (C=O) groups excluding carboxylic acids is 1. The number of thioether (sulfide) groups is 1. The Kier molecular flexibility index (Phi) is 6.63. The number of anilines is 1. The fourth-order valence-corrected chi connectivity index (χ4v) is 4.21. The molecule has 0 radical (unpaired) electrons. The molecule has 0 saturated carbocycles. The predicted molar refractivity (Wildman–Crippen MR) is 109 cm³/mol. The smallest absolute Gasteiger partial charge is 0.246 e. The third-order valence-corrected chi connectivity index (χ3v) is 5.58. The molecule has 1 amide bonds. The number of primary amides is 1. The molecule has 0 saturated heterocycles. The summed E-state index contributed by atoms with van der Waals surface area (Å²) in [5.74, 6) is 1.41. The number of hydrogen-bond donors (Lipinski definition) is 1. The molecule has 1 aliphatic heterocycles. The highest BCUT2D eigenvalue weighted by Gasteiger charge is 2.22. The van der Waals surface area contributed by atoms with Crippen molar-refractivity contribution in [2.24, 2.45) is 5.73 Å². The molecule has 2 N–H and O–H groups in total. The Labute approximate surface area is 164 Å². The summed E-state index contributed by atoms with van der Waals surface area (Å²) in [7, 11) is 0. The zero-order valence-corrected chi connectivity index (χ0v) is 16.6. The van der Waals surface area contributed by atoms with Crippen molar-refractivity contribution in [3.63, 3.8) is 0 Å². The molecule has 0 bridgehead atoms. The fourth-order valence-electron chi connectivity index (χ4n) is 3.19. The van der Waals surface area contributed by atoms with Crippen molar-refractivity contribution < 1.29 is 14.3 Å². The molecule has 2 atom stereocenters. The van der Waals surface area contributed by atoms with Crippen LogP contribution in [0.3, 0.4) is 0 Å². The van der Waals surface area contributed by atoms with Crippen molar-refractivity contribution in [2.45, 2.75) is 37.5 Å². The van der Waals surface area contributed by atoms with Gasteiger partial charge in [-0.1, -0.05) is 24.3 Å². The highest BCUT2D eigenvalue weighted by Crippen LogP contribution is 2.35. The first kappa shape index (κ1) is 19.6. The van der Waals surface area contributed by atoms with Crippen LogP contribution in [0.5, 0.6) is 5.75 Å². The number of ether oxygens (including phenoxy) is 2. The molecule has 0 aliphatic carbocycles. The number of nitrogens with zero attached hydrogens (tertiary/aromatic N) is 1. The molecule has 2 unspecified atom stereocenters. The van der Waals surface area contributed by atoms with E-state index in [9.17, 15) is 4.79 Å². The monoisotopic (exact) mass is 386 g/mol. The average molecular weight is 387 g/mol. The van der Waals surface area contributed by atoms with Gasteiger partial charge in [-0.05, 0) is 43.7 Å². The molecule has 5 nitrogen and oxygen atoms in total.